The van der Waals surface area contributed by atoms with Gasteiger partial charge in [0.2, 0.25) is 11.8 Å². The van der Waals surface area contributed by atoms with Crippen molar-refractivity contribution < 1.29 is 23.5 Å². The van der Waals surface area contributed by atoms with Crippen molar-refractivity contribution >= 4 is 34.3 Å². The molecule has 0 saturated carbocycles. The Hall–Kier alpha value is -2.68. The van der Waals surface area contributed by atoms with E-state index < -0.39 is 11.9 Å². The highest BCUT2D eigenvalue weighted by molar-refractivity contribution is 7.17. The lowest BCUT2D eigenvalue weighted by atomic mass is 10.1. The molecule has 1 fully saturated rings. The average Bonchev–Trinajstić information content (AvgIpc) is 3.29. The number of aryl methyl sites for hydroxylation is 1. The van der Waals surface area contributed by atoms with Crippen molar-refractivity contribution in [2.45, 2.75) is 19.9 Å². The van der Waals surface area contributed by atoms with Crippen molar-refractivity contribution in [3.63, 3.8) is 0 Å². The van der Waals surface area contributed by atoms with Crippen molar-refractivity contribution in [1.82, 2.24) is 9.88 Å². The van der Waals surface area contributed by atoms with E-state index in [1.807, 2.05) is 0 Å². The van der Waals surface area contributed by atoms with Gasteiger partial charge in [-0.05, 0) is 19.1 Å². The fourth-order valence-electron chi connectivity index (χ4n) is 2.63. The zero-order valence-electron chi connectivity index (χ0n) is 13.8. The first-order chi connectivity index (χ1) is 12.0. The number of furan rings is 1. The van der Waals surface area contributed by atoms with Crippen LogP contribution in [0.3, 0.4) is 0 Å². The third kappa shape index (κ3) is 3.71. The third-order valence-electron chi connectivity index (χ3n) is 3.91. The molecule has 2 amide bonds. The standard InChI is InChI=1S/C16H17N3O5S/c1-9-13(15(22)23-2)25-16(17-9)18-14(21)10-6-12(20)19(7-10)8-11-4-3-5-24-11/h3-5,10H,6-8H2,1-2H3,(H,17,18,21)/t10-/m1/s1. The minimum absolute atomic E-state index is 0.0953. The fourth-order valence-corrected chi connectivity index (χ4v) is 3.52. The van der Waals surface area contributed by atoms with Gasteiger partial charge < -0.3 is 19.4 Å². The zero-order valence-corrected chi connectivity index (χ0v) is 14.6. The molecule has 0 unspecified atom stereocenters. The predicted octanol–water partition coefficient (Wildman–Crippen LogP) is 1.82. The van der Waals surface area contributed by atoms with Crippen LogP contribution in [0.25, 0.3) is 0 Å². The number of rotatable bonds is 5. The summed E-state index contributed by atoms with van der Waals surface area (Å²) >= 11 is 1.05. The number of esters is 1. The van der Waals surface area contributed by atoms with E-state index in [9.17, 15) is 14.4 Å². The number of thiazole rings is 1. The molecule has 9 heteroatoms. The second-order valence-corrected chi connectivity index (χ2v) is 6.67. The topological polar surface area (TPSA) is 102 Å². The van der Waals surface area contributed by atoms with Crippen molar-refractivity contribution in [1.29, 1.82) is 0 Å². The highest BCUT2D eigenvalue weighted by Crippen LogP contribution is 2.26. The Kier molecular flexibility index (Phi) is 4.84. The Bertz CT molecular complexity index is 799. The molecule has 8 nitrogen and oxygen atoms in total. The molecule has 2 aromatic heterocycles. The SMILES string of the molecule is COC(=O)c1sc(NC(=O)[C@@H]2CC(=O)N(Cc3ccco3)C2)nc1C. The normalized spacial score (nSPS) is 17.0. The number of carbonyl (C=O) groups excluding carboxylic acids is 3. The number of hydrogen-bond donors (Lipinski definition) is 1. The summed E-state index contributed by atoms with van der Waals surface area (Å²) in [7, 11) is 1.29. The van der Waals surface area contributed by atoms with E-state index in [1.165, 1.54) is 7.11 Å². The molecule has 25 heavy (non-hydrogen) atoms. The number of anilines is 1. The Morgan fingerprint density at radius 3 is 3.00 bits per heavy atom. The van der Waals surface area contributed by atoms with Crippen LogP contribution in [0.2, 0.25) is 0 Å². The molecule has 0 radical (unpaired) electrons. The lowest BCUT2D eigenvalue weighted by molar-refractivity contribution is -0.128. The van der Waals surface area contributed by atoms with Crippen molar-refractivity contribution in [2.75, 3.05) is 19.0 Å². The minimum atomic E-state index is -0.490. The van der Waals surface area contributed by atoms with Crippen LogP contribution in [0.4, 0.5) is 5.13 Å². The maximum Gasteiger partial charge on any atom is 0.350 e. The monoisotopic (exact) mass is 363 g/mol. The molecule has 1 aliphatic rings. The van der Waals surface area contributed by atoms with Gasteiger partial charge in [-0.3, -0.25) is 9.59 Å². The number of ether oxygens (including phenoxy) is 1. The van der Waals surface area contributed by atoms with Gasteiger partial charge >= 0.3 is 5.97 Å². The first kappa shape index (κ1) is 17.2. The second-order valence-electron chi connectivity index (χ2n) is 5.67. The lowest BCUT2D eigenvalue weighted by Crippen LogP contribution is -2.27. The van der Waals surface area contributed by atoms with E-state index in [4.69, 9.17) is 4.42 Å². The summed E-state index contributed by atoms with van der Waals surface area (Å²) in [5.74, 6) is -0.667. The lowest BCUT2D eigenvalue weighted by Gasteiger charge is -2.14. The summed E-state index contributed by atoms with van der Waals surface area (Å²) in [5, 5.41) is 3.00. The van der Waals surface area contributed by atoms with Gasteiger partial charge in [0.1, 0.15) is 10.6 Å². The van der Waals surface area contributed by atoms with Crippen molar-refractivity contribution in [3.05, 3.63) is 34.7 Å². The number of nitrogens with one attached hydrogen (secondary N) is 1. The first-order valence-electron chi connectivity index (χ1n) is 7.64. The average molecular weight is 363 g/mol. The van der Waals surface area contributed by atoms with Crippen molar-refractivity contribution in [3.8, 4) is 0 Å². The molecular formula is C16H17N3O5S. The van der Waals surface area contributed by atoms with Gasteiger partial charge in [-0.15, -0.1) is 0 Å². The maximum atomic E-state index is 12.4. The van der Waals surface area contributed by atoms with Crippen LogP contribution in [0.1, 0.15) is 27.5 Å². The Morgan fingerprint density at radius 1 is 1.52 bits per heavy atom. The fraction of sp³-hybridized carbons (Fsp3) is 0.375. The van der Waals surface area contributed by atoms with Gasteiger partial charge in [0.05, 0.1) is 31.5 Å². The van der Waals surface area contributed by atoms with Crippen LogP contribution in [-0.4, -0.2) is 41.3 Å². The van der Waals surface area contributed by atoms with E-state index in [2.05, 4.69) is 15.0 Å². The molecule has 0 aromatic carbocycles. The molecule has 1 aliphatic heterocycles. The van der Waals surface area contributed by atoms with E-state index in [0.29, 0.717) is 34.6 Å². The Labute approximate surface area is 147 Å². The largest absolute Gasteiger partial charge is 0.467 e. The van der Waals surface area contributed by atoms with Gasteiger partial charge in [-0.1, -0.05) is 11.3 Å². The number of likely N-dealkylation sites (tertiary alicyclic amines) is 1. The number of amides is 2. The number of nitrogens with zero attached hydrogens (tertiary/aromatic N) is 2. The molecule has 0 bridgehead atoms. The number of aromatic nitrogens is 1. The number of hydrogen-bond acceptors (Lipinski definition) is 7. The first-order valence-corrected chi connectivity index (χ1v) is 8.46. The van der Waals surface area contributed by atoms with Crippen LogP contribution in [0.15, 0.2) is 22.8 Å². The zero-order chi connectivity index (χ0) is 18.0. The minimum Gasteiger partial charge on any atom is -0.467 e. The van der Waals surface area contributed by atoms with E-state index in [-0.39, 0.29) is 18.2 Å². The quantitative estimate of drug-likeness (QED) is 0.813. The van der Waals surface area contributed by atoms with Gasteiger partial charge in [0, 0.05) is 13.0 Å². The summed E-state index contributed by atoms with van der Waals surface area (Å²) < 4.78 is 9.91. The van der Waals surface area contributed by atoms with Crippen LogP contribution in [0.5, 0.6) is 0 Å². The van der Waals surface area contributed by atoms with Crippen LogP contribution >= 0.6 is 11.3 Å². The van der Waals surface area contributed by atoms with Gasteiger partial charge in [0.15, 0.2) is 5.13 Å². The van der Waals surface area contributed by atoms with E-state index in [1.54, 1.807) is 30.2 Å². The maximum absolute atomic E-state index is 12.4. The molecule has 3 rings (SSSR count). The van der Waals surface area contributed by atoms with Crippen LogP contribution in [0, 0.1) is 12.8 Å². The van der Waals surface area contributed by atoms with Gasteiger partial charge in [-0.25, -0.2) is 9.78 Å². The molecule has 1 N–H and O–H groups in total. The smallest absolute Gasteiger partial charge is 0.350 e. The van der Waals surface area contributed by atoms with E-state index >= 15 is 0 Å². The number of methoxy groups -OCH3 is 1. The summed E-state index contributed by atoms with van der Waals surface area (Å²) in [4.78, 5) is 42.2. The Morgan fingerprint density at radius 2 is 2.32 bits per heavy atom. The highest BCUT2D eigenvalue weighted by atomic mass is 32.1. The van der Waals surface area contributed by atoms with Crippen LogP contribution < -0.4 is 5.32 Å². The summed E-state index contributed by atoms with van der Waals surface area (Å²) in [6, 6.07) is 3.54. The van der Waals surface area contributed by atoms with Gasteiger partial charge in [0.25, 0.3) is 0 Å². The van der Waals surface area contributed by atoms with Crippen molar-refractivity contribution in [2.24, 2.45) is 5.92 Å². The third-order valence-corrected chi connectivity index (χ3v) is 4.96. The molecule has 0 aliphatic carbocycles. The molecule has 3 heterocycles. The Balaban J connectivity index is 1.62. The van der Waals surface area contributed by atoms with E-state index in [0.717, 1.165) is 11.3 Å². The second kappa shape index (κ2) is 7.06. The molecular weight excluding hydrogens is 346 g/mol. The molecule has 0 spiro atoms. The molecule has 2 aromatic rings. The predicted molar refractivity (Wildman–Crippen MR) is 89.1 cm³/mol. The molecule has 1 atom stereocenters. The summed E-state index contributed by atoms with van der Waals surface area (Å²) in [5.41, 5.74) is 0.495. The number of carbonyl (C=O) groups is 3. The molecule has 132 valence electrons. The molecule has 1 saturated heterocycles. The summed E-state index contributed by atoms with van der Waals surface area (Å²) in [6.45, 7) is 2.33. The summed E-state index contributed by atoms with van der Waals surface area (Å²) in [6.07, 6.45) is 1.69. The van der Waals surface area contributed by atoms with Gasteiger partial charge in [-0.2, -0.15) is 0 Å². The van der Waals surface area contributed by atoms with Crippen LogP contribution in [-0.2, 0) is 20.9 Å². The highest BCUT2D eigenvalue weighted by Gasteiger charge is 2.35.